The number of nitrogens with one attached hydrogen (secondary N) is 3. The molecule has 2 aromatic heterocycles. The van der Waals surface area contributed by atoms with Crippen molar-refractivity contribution in [2.75, 3.05) is 19.0 Å². The topological polar surface area (TPSA) is 206 Å². The summed E-state index contributed by atoms with van der Waals surface area (Å²) >= 11 is 7.63. The Hall–Kier alpha value is -4.68. The van der Waals surface area contributed by atoms with E-state index in [4.69, 9.17) is 21.1 Å². The summed E-state index contributed by atoms with van der Waals surface area (Å²) in [6.45, 7) is 9.36. The number of halogens is 3. The summed E-state index contributed by atoms with van der Waals surface area (Å²) in [4.78, 5) is 64.8. The standard InChI is InChI=1S/C40H43ClN6O9S2.2ClH/c1-6-23-17-40(23,37(52)46-58(53,54)26-12-13-26)45-33(48)30-16-25(56-34-28-15-24(41)11-14-27(28)31(55-5)18-42-34)19-47(30)35(49)32(39(2,3)4)44-38-43-29(20-57-38)21-7-9-22(10-8-21)36(50)51;;/h6-11,14-15,18,20,23,25-26,30,32H,1,12-13,16-17,19H2,2-5H3,(H,43,44)(H,45,48)(H,46,52)(H,50,51);2*1H/t23-,25-,30+,32-,40-;;/m1../s1. The number of amides is 3. The van der Waals surface area contributed by atoms with E-state index in [1.807, 2.05) is 20.8 Å². The van der Waals surface area contributed by atoms with E-state index in [0.29, 0.717) is 50.8 Å². The molecular formula is C40H45Cl3N6O9S2. The van der Waals surface area contributed by atoms with Crippen molar-refractivity contribution < 1.29 is 42.2 Å². The Bertz CT molecular complexity index is 2420. The first-order valence-corrected chi connectivity index (χ1v) is 21.4. The molecule has 15 nitrogen and oxygen atoms in total. The van der Waals surface area contributed by atoms with Crippen LogP contribution in [0, 0.1) is 11.3 Å². The number of likely N-dealkylation sites (tertiary alicyclic amines) is 1. The lowest BCUT2D eigenvalue weighted by Crippen LogP contribution is -2.58. The highest BCUT2D eigenvalue weighted by atomic mass is 35.5. The van der Waals surface area contributed by atoms with Crippen molar-refractivity contribution in [1.82, 2.24) is 24.9 Å². The molecule has 3 aliphatic rings. The Morgan fingerprint density at radius 3 is 2.40 bits per heavy atom. The van der Waals surface area contributed by atoms with Gasteiger partial charge in [0.1, 0.15) is 29.5 Å². The molecule has 1 aliphatic heterocycles. The van der Waals surface area contributed by atoms with E-state index >= 15 is 0 Å². The number of rotatable bonds is 14. The van der Waals surface area contributed by atoms with Crippen LogP contribution in [0.25, 0.3) is 22.0 Å². The van der Waals surface area contributed by atoms with Crippen LogP contribution in [-0.2, 0) is 24.4 Å². The van der Waals surface area contributed by atoms with Crippen molar-refractivity contribution in [2.24, 2.45) is 11.3 Å². The van der Waals surface area contributed by atoms with Gasteiger partial charge >= 0.3 is 5.97 Å². The molecule has 5 atom stereocenters. The second kappa shape index (κ2) is 17.7. The van der Waals surface area contributed by atoms with E-state index in [-0.39, 0.29) is 55.6 Å². The number of thiazole rings is 1. The lowest BCUT2D eigenvalue weighted by atomic mass is 9.85. The Kier molecular flexibility index (Phi) is 13.7. The van der Waals surface area contributed by atoms with Crippen LogP contribution in [0.2, 0.25) is 5.02 Å². The smallest absolute Gasteiger partial charge is 0.335 e. The van der Waals surface area contributed by atoms with Crippen LogP contribution in [-0.4, -0.2) is 94.7 Å². The van der Waals surface area contributed by atoms with Gasteiger partial charge in [0, 0.05) is 39.1 Å². The molecule has 2 aromatic carbocycles. The highest BCUT2D eigenvalue weighted by molar-refractivity contribution is 7.91. The fraction of sp³-hybridized carbons (Fsp3) is 0.400. The van der Waals surface area contributed by atoms with Crippen molar-refractivity contribution in [1.29, 1.82) is 0 Å². The number of carboxylic acid groups (broad SMARTS) is 1. The predicted molar refractivity (Wildman–Crippen MR) is 233 cm³/mol. The first kappa shape index (κ1) is 46.4. The number of hydrogen-bond donors (Lipinski definition) is 4. The molecule has 60 heavy (non-hydrogen) atoms. The quantitative estimate of drug-likeness (QED) is 0.106. The van der Waals surface area contributed by atoms with Crippen LogP contribution in [0.15, 0.2) is 66.7 Å². The minimum atomic E-state index is -3.92. The molecule has 2 aliphatic carbocycles. The van der Waals surface area contributed by atoms with Crippen LogP contribution in [0.3, 0.4) is 0 Å². The minimum absolute atomic E-state index is 0. The van der Waals surface area contributed by atoms with E-state index in [0.717, 1.165) is 0 Å². The van der Waals surface area contributed by atoms with Crippen LogP contribution in [0.5, 0.6) is 11.6 Å². The van der Waals surface area contributed by atoms with Crippen molar-refractivity contribution in [2.45, 2.75) is 75.4 Å². The zero-order chi connectivity index (χ0) is 41.7. The molecule has 0 spiro atoms. The zero-order valence-electron chi connectivity index (χ0n) is 33.0. The summed E-state index contributed by atoms with van der Waals surface area (Å²) in [7, 11) is -2.40. The number of aromatic nitrogens is 2. The maximum absolute atomic E-state index is 14.9. The average molecular weight is 924 g/mol. The molecule has 0 unspecified atom stereocenters. The van der Waals surface area contributed by atoms with Gasteiger partial charge in [-0.25, -0.2) is 23.2 Å². The second-order valence-corrected chi connectivity index (χ2v) is 19.1. The summed E-state index contributed by atoms with van der Waals surface area (Å²) < 4.78 is 39.7. The number of carboxylic acids is 1. The largest absolute Gasteiger partial charge is 0.494 e. The van der Waals surface area contributed by atoms with E-state index < -0.39 is 74.0 Å². The number of fused-ring (bicyclic) bond motifs is 1. The number of sulfonamides is 1. The van der Waals surface area contributed by atoms with Gasteiger partial charge in [-0.3, -0.25) is 19.1 Å². The van der Waals surface area contributed by atoms with Gasteiger partial charge in [-0.2, -0.15) is 0 Å². The van der Waals surface area contributed by atoms with Crippen molar-refractivity contribution >= 4 is 97.4 Å². The fourth-order valence-corrected chi connectivity index (χ4v) is 9.45. The number of pyridine rings is 1. The molecule has 3 heterocycles. The van der Waals surface area contributed by atoms with E-state index in [1.165, 1.54) is 47.8 Å². The summed E-state index contributed by atoms with van der Waals surface area (Å²) in [5.41, 5.74) is -0.895. The second-order valence-electron chi connectivity index (χ2n) is 15.8. The number of carbonyl (C=O) groups excluding carboxylic acids is 3. The van der Waals surface area contributed by atoms with Gasteiger partial charge in [0.25, 0.3) is 5.91 Å². The van der Waals surface area contributed by atoms with Crippen LogP contribution in [0.1, 0.15) is 56.8 Å². The van der Waals surface area contributed by atoms with E-state index in [1.54, 1.807) is 35.7 Å². The molecule has 322 valence electrons. The third-order valence-electron chi connectivity index (χ3n) is 10.7. The average Bonchev–Trinajstić information content (AvgIpc) is 4.07. The molecule has 20 heteroatoms. The van der Waals surface area contributed by atoms with Crippen LogP contribution < -0.4 is 24.8 Å². The predicted octanol–water partition coefficient (Wildman–Crippen LogP) is 6.11. The SMILES string of the molecule is C=C[C@@H]1C[C@]1(NC(=O)[C@@H]1C[C@@H](Oc2ncc(OC)c3ccc(Cl)cc23)CN1C(=O)[C@@H](Nc1nc(-c2ccc(C(=O)O)cc2)cs1)C(C)(C)C)C(=O)NS(=O)(=O)C1CC1.Cl.Cl. The molecule has 7 rings (SSSR count). The van der Waals surface area contributed by atoms with Crippen molar-refractivity contribution in [3.8, 4) is 22.9 Å². The van der Waals surface area contributed by atoms with Gasteiger partial charge in [0.05, 0.1) is 36.4 Å². The number of aromatic carboxylic acids is 1. The Balaban J connectivity index is 0.00000341. The van der Waals surface area contributed by atoms with Gasteiger partial charge in [-0.05, 0) is 55.0 Å². The summed E-state index contributed by atoms with van der Waals surface area (Å²) in [6.07, 6.45) is 3.30. The number of benzene rings is 2. The van der Waals surface area contributed by atoms with Gasteiger partial charge in [0.15, 0.2) is 5.13 Å². The van der Waals surface area contributed by atoms with Gasteiger partial charge in [0.2, 0.25) is 27.7 Å². The first-order chi connectivity index (χ1) is 27.4. The van der Waals surface area contributed by atoms with Gasteiger partial charge in [-0.15, -0.1) is 42.7 Å². The number of carbonyl (C=O) groups is 4. The molecule has 3 amide bonds. The fourth-order valence-electron chi connectivity index (χ4n) is 7.17. The summed E-state index contributed by atoms with van der Waals surface area (Å²) in [5.74, 6) is -2.82. The maximum Gasteiger partial charge on any atom is 0.335 e. The lowest BCUT2D eigenvalue weighted by Gasteiger charge is -2.35. The minimum Gasteiger partial charge on any atom is -0.494 e. The first-order valence-electron chi connectivity index (χ1n) is 18.6. The molecule has 0 bridgehead atoms. The van der Waals surface area contributed by atoms with Crippen LogP contribution in [0.4, 0.5) is 5.13 Å². The Morgan fingerprint density at radius 1 is 1.10 bits per heavy atom. The summed E-state index contributed by atoms with van der Waals surface area (Å²) in [5, 5.41) is 18.6. The number of ether oxygens (including phenoxy) is 2. The van der Waals surface area contributed by atoms with Crippen LogP contribution >= 0.6 is 47.8 Å². The van der Waals surface area contributed by atoms with Gasteiger partial charge < -0.3 is 30.1 Å². The third-order valence-corrected chi connectivity index (χ3v) is 13.5. The lowest BCUT2D eigenvalue weighted by molar-refractivity contribution is -0.141. The molecular weight excluding hydrogens is 879 g/mol. The monoisotopic (exact) mass is 922 g/mol. The van der Waals surface area contributed by atoms with E-state index in [9.17, 15) is 32.7 Å². The highest BCUT2D eigenvalue weighted by Gasteiger charge is 2.62. The zero-order valence-corrected chi connectivity index (χ0v) is 37.0. The number of anilines is 1. The molecule has 3 fully saturated rings. The molecule has 0 radical (unpaired) electrons. The number of nitrogens with zero attached hydrogens (tertiary/aromatic N) is 3. The maximum atomic E-state index is 14.9. The number of methoxy groups -OCH3 is 1. The Labute approximate surface area is 368 Å². The van der Waals surface area contributed by atoms with Crippen molar-refractivity contribution in [3.05, 3.63) is 77.3 Å². The normalized spacial score (nSPS) is 21.4. The Morgan fingerprint density at radius 2 is 1.80 bits per heavy atom. The molecule has 2 saturated carbocycles. The molecule has 1 saturated heterocycles. The molecule has 4 aromatic rings. The van der Waals surface area contributed by atoms with Crippen molar-refractivity contribution in [3.63, 3.8) is 0 Å². The summed E-state index contributed by atoms with van der Waals surface area (Å²) in [6, 6.07) is 9.39. The number of hydrogen-bond acceptors (Lipinski definition) is 12. The third kappa shape index (κ3) is 9.44. The van der Waals surface area contributed by atoms with Gasteiger partial charge in [-0.1, -0.05) is 50.6 Å². The molecule has 4 N–H and O–H groups in total. The van der Waals surface area contributed by atoms with E-state index in [2.05, 4.69) is 31.9 Å². The highest BCUT2D eigenvalue weighted by Crippen LogP contribution is 2.46.